The average Bonchev–Trinajstić information content (AvgIpc) is 1.78. The van der Waals surface area contributed by atoms with Crippen LogP contribution in [0, 0.1) is 0 Å². The van der Waals surface area contributed by atoms with E-state index >= 15 is 0 Å². The molecular weight excluding hydrogens is 1050 g/mol. The van der Waals surface area contributed by atoms with Crippen LogP contribution in [0.2, 0.25) is 0 Å². The fourth-order valence-electron chi connectivity index (χ4n) is 14.3. The third kappa shape index (κ3) is 8.72. The fourth-order valence-corrected chi connectivity index (χ4v) is 14.3. The van der Waals surface area contributed by atoms with Crippen molar-refractivity contribution in [3.63, 3.8) is 0 Å². The molecule has 87 heavy (non-hydrogen) atoms. The van der Waals surface area contributed by atoms with E-state index in [4.69, 9.17) is 0 Å². The molecule has 0 bridgehead atoms. The van der Waals surface area contributed by atoms with Crippen molar-refractivity contribution < 1.29 is 0 Å². The first-order valence-corrected chi connectivity index (χ1v) is 30.4. The van der Waals surface area contributed by atoms with Crippen LogP contribution in [0.1, 0.15) is 72.2 Å². The maximum Gasteiger partial charge on any atom is 0.0541 e. The van der Waals surface area contributed by atoms with E-state index in [0.717, 1.165) is 39.6 Å². The molecule has 3 heteroatoms. The lowest BCUT2D eigenvalue weighted by molar-refractivity contribution is 0.660. The Morgan fingerprint density at radius 1 is 0.276 bits per heavy atom. The molecule has 0 unspecified atom stereocenters. The van der Waals surface area contributed by atoms with Gasteiger partial charge in [-0.25, -0.2) is 0 Å². The molecule has 0 N–H and O–H groups in total. The number of para-hydroxylation sites is 3. The first kappa shape index (κ1) is 51.9. The molecule has 0 atom stereocenters. The van der Waals surface area contributed by atoms with E-state index in [9.17, 15) is 0 Å². The highest BCUT2D eigenvalue weighted by Crippen LogP contribution is 2.54. The summed E-state index contributed by atoms with van der Waals surface area (Å²) in [6, 6.07) is 105. The van der Waals surface area contributed by atoms with Gasteiger partial charge in [-0.2, -0.15) is 0 Å². The van der Waals surface area contributed by atoms with Crippen molar-refractivity contribution in [2.45, 2.75) is 38.5 Å². The molecule has 0 spiro atoms. The van der Waals surface area contributed by atoms with Crippen molar-refractivity contribution in [2.75, 3.05) is 9.80 Å². The second-order valence-electron chi connectivity index (χ2n) is 24.5. The molecule has 0 amide bonds. The van der Waals surface area contributed by atoms with Crippen LogP contribution in [-0.4, -0.2) is 4.57 Å². The number of hydrogen-bond donors (Lipinski definition) is 0. The van der Waals surface area contributed by atoms with Crippen LogP contribution in [0.4, 0.5) is 34.1 Å². The first-order chi connectivity index (χ1) is 42.6. The van der Waals surface area contributed by atoms with Crippen LogP contribution in [0.15, 0.2) is 285 Å². The molecule has 1 heterocycles. The van der Waals surface area contributed by atoms with Gasteiger partial charge in [-0.05, 0) is 175 Å². The van der Waals surface area contributed by atoms with Gasteiger partial charge in [0.1, 0.15) is 0 Å². The van der Waals surface area contributed by atoms with Gasteiger partial charge in [-0.1, -0.05) is 240 Å². The zero-order valence-electron chi connectivity index (χ0n) is 49.3. The average molecular weight is 1110 g/mol. The maximum absolute atomic E-state index is 2.43. The quantitative estimate of drug-likeness (QED) is 0.120. The molecule has 16 rings (SSSR count). The summed E-state index contributed by atoms with van der Waals surface area (Å²) >= 11 is 0. The van der Waals surface area contributed by atoms with Crippen LogP contribution >= 0.6 is 0 Å². The van der Waals surface area contributed by atoms with E-state index in [1.165, 1.54) is 110 Å². The Bertz CT molecular complexity index is 4790. The highest BCUT2D eigenvalue weighted by molar-refractivity contribution is 6.11. The molecule has 0 saturated heterocycles. The highest BCUT2D eigenvalue weighted by Gasteiger charge is 2.38. The van der Waals surface area contributed by atoms with Crippen molar-refractivity contribution in [3.8, 4) is 27.9 Å². The predicted molar refractivity (Wildman–Crippen MR) is 371 cm³/mol. The Kier molecular flexibility index (Phi) is 12.2. The molecule has 13 aromatic carbocycles. The zero-order chi connectivity index (χ0) is 58.4. The van der Waals surface area contributed by atoms with Crippen molar-refractivity contribution >= 4 is 102 Å². The van der Waals surface area contributed by atoms with Gasteiger partial charge in [0, 0.05) is 60.8 Å². The fraction of sp³-hybridized carbons (Fsp3) is 0.0714. The molecule has 2 aliphatic rings. The summed E-state index contributed by atoms with van der Waals surface area (Å²) in [5.74, 6) is 0. The van der Waals surface area contributed by atoms with Gasteiger partial charge in [-0.15, -0.1) is 0 Å². The van der Waals surface area contributed by atoms with Gasteiger partial charge in [0.2, 0.25) is 0 Å². The van der Waals surface area contributed by atoms with Gasteiger partial charge >= 0.3 is 0 Å². The Labute approximate surface area is 509 Å². The predicted octanol–water partition coefficient (Wildman–Crippen LogP) is 23.0. The molecular formula is C84H63N3. The standard InChI is InChI=1S/C84H63N3/c1-83(2)75-52-58(38-44-69(75)71-46-42-65(54-77(71)83)85(62-24-8-5-9-25-62)79-32-18-22-60-20-14-16-30-67(60)79)36-34-56-40-48-81-73(50-56)74-51-57(41-49-82(74)87(81)64-28-12-7-13-29-64)35-37-59-39-45-70-72-47-43-66(55-78(72)84(3,4)76(70)53-59)86(63-26-10-6-11-27-63)80-33-19-23-61-21-15-17-31-68(61)80/h5-55H,1-4H3. The molecule has 414 valence electrons. The molecule has 2 aliphatic carbocycles. The Balaban J connectivity index is 0.702. The summed E-state index contributed by atoms with van der Waals surface area (Å²) in [6.45, 7) is 9.53. The molecule has 14 aromatic rings. The number of anilines is 6. The zero-order valence-corrected chi connectivity index (χ0v) is 49.3. The number of hydrogen-bond acceptors (Lipinski definition) is 2. The summed E-state index contributed by atoms with van der Waals surface area (Å²) in [4.78, 5) is 4.83. The lowest BCUT2D eigenvalue weighted by atomic mass is 9.81. The number of nitrogens with zero attached hydrogens (tertiary/aromatic N) is 3. The van der Waals surface area contributed by atoms with E-state index in [2.05, 4.69) is 351 Å². The topological polar surface area (TPSA) is 11.4 Å². The van der Waals surface area contributed by atoms with Crippen LogP contribution in [0.3, 0.4) is 0 Å². The van der Waals surface area contributed by atoms with Gasteiger partial charge in [0.05, 0.1) is 22.4 Å². The molecule has 1 aromatic heterocycles. The SMILES string of the molecule is CC1(C)c2cc(C=Cc3ccc4c(c3)c3cc(C=Cc5ccc6c(c5)C(C)(C)c5cc(N(c7ccccc7)c7cccc8ccccc78)ccc5-6)ccc3n4-c3ccccc3)ccc2-c2ccc(N(c3ccccc3)c3cccc4ccccc34)cc21. The summed E-state index contributed by atoms with van der Waals surface area (Å²) in [6.07, 6.45) is 9.14. The summed E-state index contributed by atoms with van der Waals surface area (Å²) in [5, 5.41) is 7.36. The normalized spacial score (nSPS) is 13.6. The van der Waals surface area contributed by atoms with E-state index in [0.29, 0.717) is 0 Å². The molecule has 0 saturated carbocycles. The maximum atomic E-state index is 2.43. The van der Waals surface area contributed by atoms with E-state index in [1.54, 1.807) is 0 Å². The Morgan fingerprint density at radius 3 is 1.06 bits per heavy atom. The lowest BCUT2D eigenvalue weighted by Crippen LogP contribution is -2.16. The van der Waals surface area contributed by atoms with E-state index < -0.39 is 0 Å². The Hall–Kier alpha value is -10.7. The van der Waals surface area contributed by atoms with Crippen molar-refractivity contribution in [3.05, 3.63) is 330 Å². The monoisotopic (exact) mass is 1110 g/mol. The number of rotatable bonds is 11. The molecule has 0 radical (unpaired) electrons. The Morgan fingerprint density at radius 2 is 0.621 bits per heavy atom. The largest absolute Gasteiger partial charge is 0.310 e. The van der Waals surface area contributed by atoms with Gasteiger partial charge in [0.15, 0.2) is 0 Å². The van der Waals surface area contributed by atoms with Crippen LogP contribution in [0.5, 0.6) is 0 Å². The molecule has 0 aliphatic heterocycles. The van der Waals surface area contributed by atoms with Gasteiger partial charge < -0.3 is 14.4 Å². The smallest absolute Gasteiger partial charge is 0.0541 e. The summed E-state index contributed by atoms with van der Waals surface area (Å²) < 4.78 is 2.41. The van der Waals surface area contributed by atoms with Gasteiger partial charge in [-0.3, -0.25) is 0 Å². The minimum absolute atomic E-state index is 0.213. The van der Waals surface area contributed by atoms with E-state index in [-0.39, 0.29) is 10.8 Å². The van der Waals surface area contributed by atoms with E-state index in [1.807, 2.05) is 0 Å². The van der Waals surface area contributed by atoms with Crippen molar-refractivity contribution in [1.82, 2.24) is 4.57 Å². The number of fused-ring (bicyclic) bond motifs is 11. The second kappa shape index (κ2) is 20.5. The van der Waals surface area contributed by atoms with Crippen molar-refractivity contribution in [2.24, 2.45) is 0 Å². The van der Waals surface area contributed by atoms with Crippen LogP contribution < -0.4 is 9.80 Å². The number of aromatic nitrogens is 1. The molecule has 3 nitrogen and oxygen atoms in total. The third-order valence-corrected chi connectivity index (χ3v) is 18.7. The van der Waals surface area contributed by atoms with Crippen LogP contribution in [0.25, 0.3) is 95.6 Å². The minimum Gasteiger partial charge on any atom is -0.310 e. The highest BCUT2D eigenvalue weighted by atomic mass is 15.1. The van der Waals surface area contributed by atoms with Gasteiger partial charge in [0.25, 0.3) is 0 Å². The number of benzene rings is 13. The first-order valence-electron chi connectivity index (χ1n) is 30.4. The third-order valence-electron chi connectivity index (χ3n) is 18.7. The second-order valence-corrected chi connectivity index (χ2v) is 24.5. The lowest BCUT2D eigenvalue weighted by Gasteiger charge is -2.29. The summed E-state index contributed by atoms with van der Waals surface area (Å²) in [7, 11) is 0. The van der Waals surface area contributed by atoms with Crippen LogP contribution in [-0.2, 0) is 10.8 Å². The summed E-state index contributed by atoms with van der Waals surface area (Å²) in [5.41, 5.74) is 25.3. The minimum atomic E-state index is -0.213. The van der Waals surface area contributed by atoms with Crippen molar-refractivity contribution in [1.29, 1.82) is 0 Å². The molecule has 0 fully saturated rings.